The quantitative estimate of drug-likeness (QED) is 0.310. The molecule has 148 valence electrons. The lowest BCUT2D eigenvalue weighted by Crippen LogP contribution is -2.32. The van der Waals surface area contributed by atoms with Crippen molar-refractivity contribution in [1.82, 2.24) is 0 Å². The number of non-ortho nitro benzene ring substituents is 1. The first-order valence-electron chi connectivity index (χ1n) is 8.37. The van der Waals surface area contributed by atoms with Gasteiger partial charge < -0.3 is 14.8 Å². The van der Waals surface area contributed by atoms with Crippen LogP contribution < -0.4 is 10.1 Å². The fraction of sp³-hybridized carbons (Fsp3) is 0.263. The van der Waals surface area contributed by atoms with E-state index >= 15 is 0 Å². The Morgan fingerprint density at radius 1 is 1.14 bits per heavy atom. The van der Waals surface area contributed by atoms with Crippen LogP contribution in [0.15, 0.2) is 53.4 Å². The van der Waals surface area contributed by atoms with Crippen molar-refractivity contribution >= 4 is 35.0 Å². The number of ether oxygens (including phenoxy) is 2. The summed E-state index contributed by atoms with van der Waals surface area (Å²) in [5.41, 5.74) is -0.0788. The maximum Gasteiger partial charge on any atom is 0.319 e. The Morgan fingerprint density at radius 2 is 1.82 bits per heavy atom. The van der Waals surface area contributed by atoms with Gasteiger partial charge in [0.2, 0.25) is 0 Å². The van der Waals surface area contributed by atoms with E-state index in [4.69, 9.17) is 9.47 Å². The molecular formula is C19H20N2O6S. The van der Waals surface area contributed by atoms with Crippen LogP contribution in [0.25, 0.3) is 0 Å². The van der Waals surface area contributed by atoms with Gasteiger partial charge in [-0.25, -0.2) is 0 Å². The zero-order chi connectivity index (χ0) is 20.7. The molecule has 28 heavy (non-hydrogen) atoms. The number of nitrogens with zero attached hydrogens (tertiary/aromatic N) is 1. The molecule has 1 N–H and O–H groups in total. The molecule has 0 bridgehead atoms. The van der Waals surface area contributed by atoms with E-state index in [0.29, 0.717) is 0 Å². The molecule has 0 aromatic heterocycles. The molecule has 2 aromatic carbocycles. The normalized spacial score (nSPS) is 12.5. The Labute approximate surface area is 166 Å². The molecule has 0 saturated carbocycles. The molecule has 8 nitrogen and oxygen atoms in total. The molecule has 0 aliphatic heterocycles. The lowest BCUT2D eigenvalue weighted by Gasteiger charge is -2.17. The summed E-state index contributed by atoms with van der Waals surface area (Å²) < 4.78 is 10.3. The molecule has 0 fully saturated rings. The number of thioether (sulfide) groups is 1. The van der Waals surface area contributed by atoms with Gasteiger partial charge in [0.05, 0.1) is 17.7 Å². The smallest absolute Gasteiger partial charge is 0.319 e. The average molecular weight is 404 g/mol. The zero-order valence-corrected chi connectivity index (χ0v) is 16.4. The Morgan fingerprint density at radius 3 is 2.43 bits per heavy atom. The lowest BCUT2D eigenvalue weighted by atomic mass is 10.2. The third-order valence-electron chi connectivity index (χ3n) is 3.70. The number of methoxy groups -OCH3 is 1. The van der Waals surface area contributed by atoms with Crippen LogP contribution in [0.3, 0.4) is 0 Å². The molecule has 2 atom stereocenters. The van der Waals surface area contributed by atoms with E-state index < -0.39 is 28.2 Å². The second kappa shape index (κ2) is 9.75. The van der Waals surface area contributed by atoms with Crippen LogP contribution in [0, 0.1) is 10.1 Å². The van der Waals surface area contributed by atoms with E-state index in [-0.39, 0.29) is 17.1 Å². The van der Waals surface area contributed by atoms with Gasteiger partial charge in [0.15, 0.2) is 6.10 Å². The number of carbonyl (C=O) groups is 2. The van der Waals surface area contributed by atoms with Crippen LogP contribution in [0.4, 0.5) is 11.4 Å². The number of hydrogen-bond donors (Lipinski definition) is 1. The van der Waals surface area contributed by atoms with Crippen LogP contribution in [0.2, 0.25) is 0 Å². The average Bonchev–Trinajstić information content (AvgIpc) is 2.68. The van der Waals surface area contributed by atoms with Gasteiger partial charge >= 0.3 is 5.97 Å². The molecule has 9 heteroatoms. The third kappa shape index (κ3) is 5.71. The maximum atomic E-state index is 12.4. The highest BCUT2D eigenvalue weighted by molar-refractivity contribution is 8.00. The number of nitro benzene ring substituents is 1. The van der Waals surface area contributed by atoms with Crippen LogP contribution in [-0.2, 0) is 14.3 Å². The van der Waals surface area contributed by atoms with Crippen LogP contribution >= 0.6 is 11.8 Å². The van der Waals surface area contributed by atoms with E-state index in [1.807, 2.05) is 30.3 Å². The van der Waals surface area contributed by atoms with Gasteiger partial charge in [0.1, 0.15) is 11.0 Å². The van der Waals surface area contributed by atoms with Crippen molar-refractivity contribution in [3.63, 3.8) is 0 Å². The maximum absolute atomic E-state index is 12.4. The first-order chi connectivity index (χ1) is 13.3. The Hall–Kier alpha value is -3.07. The highest BCUT2D eigenvalue weighted by Gasteiger charge is 2.24. The van der Waals surface area contributed by atoms with Gasteiger partial charge in [-0.15, -0.1) is 11.8 Å². The predicted molar refractivity (Wildman–Crippen MR) is 106 cm³/mol. The number of carbonyl (C=O) groups excluding carboxylic acids is 2. The molecule has 2 rings (SSSR count). The zero-order valence-electron chi connectivity index (χ0n) is 15.6. The molecular weight excluding hydrogens is 384 g/mol. The number of hydrogen-bond acceptors (Lipinski definition) is 7. The van der Waals surface area contributed by atoms with Crippen LogP contribution in [0.1, 0.15) is 13.8 Å². The standard InChI is InChI=1S/C19H20N2O6S/c1-12(27-19(23)13(2)28-15-7-5-4-6-8-15)18(22)20-16-11-14(21(24)25)9-10-17(16)26-3/h4-13H,1-3H3,(H,20,22)/t12-,13-/m0/s1. The second-order valence-electron chi connectivity index (χ2n) is 5.78. The van der Waals surface area contributed by atoms with Gasteiger partial charge in [-0.1, -0.05) is 18.2 Å². The second-order valence-corrected chi connectivity index (χ2v) is 7.20. The Bertz CT molecular complexity index is 859. The third-order valence-corrected chi connectivity index (χ3v) is 4.79. The summed E-state index contributed by atoms with van der Waals surface area (Å²) in [7, 11) is 1.38. The van der Waals surface area contributed by atoms with Crippen molar-refractivity contribution in [2.24, 2.45) is 0 Å². The van der Waals surface area contributed by atoms with Gasteiger partial charge in [0.25, 0.3) is 11.6 Å². The molecule has 0 spiro atoms. The van der Waals surface area contributed by atoms with E-state index in [0.717, 1.165) is 4.90 Å². The van der Waals surface area contributed by atoms with Crippen molar-refractivity contribution in [1.29, 1.82) is 0 Å². The minimum Gasteiger partial charge on any atom is -0.495 e. The van der Waals surface area contributed by atoms with E-state index in [9.17, 15) is 19.7 Å². The summed E-state index contributed by atoms with van der Waals surface area (Å²) in [4.78, 5) is 35.9. The number of amides is 1. The first kappa shape index (κ1) is 21.2. The van der Waals surface area contributed by atoms with Crippen LogP contribution in [0.5, 0.6) is 5.75 Å². The minimum absolute atomic E-state index is 0.122. The molecule has 0 saturated heterocycles. The SMILES string of the molecule is COc1ccc([N+](=O)[O-])cc1NC(=O)[C@H](C)OC(=O)[C@H](C)Sc1ccccc1. The number of benzene rings is 2. The van der Waals surface area contributed by atoms with Crippen molar-refractivity contribution < 1.29 is 24.0 Å². The Kier molecular flexibility index (Phi) is 7.39. The number of nitro groups is 1. The number of anilines is 1. The van der Waals surface area contributed by atoms with Crippen molar-refractivity contribution in [2.45, 2.75) is 30.1 Å². The highest BCUT2D eigenvalue weighted by Crippen LogP contribution is 2.29. The van der Waals surface area contributed by atoms with Gasteiger partial charge in [-0.05, 0) is 32.0 Å². The molecule has 0 radical (unpaired) electrons. The van der Waals surface area contributed by atoms with Gasteiger partial charge in [-0.2, -0.15) is 0 Å². The summed E-state index contributed by atoms with van der Waals surface area (Å²) >= 11 is 1.32. The Balaban J connectivity index is 1.99. The van der Waals surface area contributed by atoms with E-state index in [2.05, 4.69) is 5.32 Å². The van der Waals surface area contributed by atoms with Crippen molar-refractivity contribution in [3.8, 4) is 5.75 Å². The van der Waals surface area contributed by atoms with Crippen LogP contribution in [-0.4, -0.2) is 35.3 Å². The highest BCUT2D eigenvalue weighted by atomic mass is 32.2. The summed E-state index contributed by atoms with van der Waals surface area (Å²) in [6, 6.07) is 13.2. The number of esters is 1. The number of nitrogens with one attached hydrogen (secondary N) is 1. The fourth-order valence-electron chi connectivity index (χ4n) is 2.22. The van der Waals surface area contributed by atoms with Crippen molar-refractivity contribution in [2.75, 3.05) is 12.4 Å². The molecule has 0 heterocycles. The first-order valence-corrected chi connectivity index (χ1v) is 9.25. The van der Waals surface area contributed by atoms with E-state index in [1.54, 1.807) is 6.92 Å². The summed E-state index contributed by atoms with van der Waals surface area (Å²) in [6.45, 7) is 3.12. The fourth-order valence-corrected chi connectivity index (χ4v) is 3.09. The largest absolute Gasteiger partial charge is 0.495 e. The monoisotopic (exact) mass is 404 g/mol. The minimum atomic E-state index is -1.09. The predicted octanol–water partition coefficient (Wildman–Crippen LogP) is 3.65. The summed E-state index contributed by atoms with van der Waals surface area (Å²) in [6.07, 6.45) is -1.09. The molecule has 1 amide bonds. The summed E-state index contributed by atoms with van der Waals surface area (Å²) in [5.74, 6) is -0.906. The van der Waals surface area contributed by atoms with Gasteiger partial charge in [0, 0.05) is 17.0 Å². The van der Waals surface area contributed by atoms with E-state index in [1.165, 1.54) is 44.0 Å². The lowest BCUT2D eigenvalue weighted by molar-refractivity contribution is -0.384. The number of rotatable bonds is 8. The molecule has 0 aliphatic rings. The van der Waals surface area contributed by atoms with Crippen molar-refractivity contribution in [3.05, 3.63) is 58.6 Å². The molecule has 2 aromatic rings. The molecule has 0 unspecified atom stereocenters. The topological polar surface area (TPSA) is 108 Å². The summed E-state index contributed by atoms with van der Waals surface area (Å²) in [5, 5.41) is 12.9. The van der Waals surface area contributed by atoms with Gasteiger partial charge in [-0.3, -0.25) is 19.7 Å². The molecule has 0 aliphatic carbocycles.